The molecule has 0 spiro atoms. The first-order valence-corrected chi connectivity index (χ1v) is 6.34. The second-order valence-corrected chi connectivity index (χ2v) is 4.70. The Balaban J connectivity index is 1.87. The van der Waals surface area contributed by atoms with Gasteiger partial charge in [-0.2, -0.15) is 0 Å². The third-order valence-electron chi connectivity index (χ3n) is 3.13. The molecule has 0 unspecified atom stereocenters. The van der Waals surface area contributed by atoms with E-state index in [0.717, 1.165) is 23.5 Å². The molecule has 0 saturated carbocycles. The van der Waals surface area contributed by atoms with E-state index >= 15 is 0 Å². The number of halogens is 1. The van der Waals surface area contributed by atoms with E-state index in [0.29, 0.717) is 0 Å². The Labute approximate surface area is 111 Å². The Morgan fingerprint density at radius 2 is 1.89 bits per heavy atom. The first kappa shape index (κ1) is 11.3. The molecular formula is C15H13ClN2. The van der Waals surface area contributed by atoms with Crippen LogP contribution in [0.5, 0.6) is 0 Å². The lowest BCUT2D eigenvalue weighted by atomic mass is 10.2. The molecule has 2 heterocycles. The normalized spacial score (nSPS) is 10.9. The van der Waals surface area contributed by atoms with Gasteiger partial charge in [0.05, 0.1) is 10.5 Å². The number of pyridine rings is 1. The molecular weight excluding hydrogens is 244 g/mol. The van der Waals surface area contributed by atoms with Gasteiger partial charge in [-0.25, -0.2) is 0 Å². The molecule has 0 atom stereocenters. The number of hydrogen-bond acceptors (Lipinski definition) is 1. The first-order chi connectivity index (χ1) is 8.84. The monoisotopic (exact) mass is 256 g/mol. The van der Waals surface area contributed by atoms with Gasteiger partial charge in [0.2, 0.25) is 0 Å². The third-order valence-corrected chi connectivity index (χ3v) is 3.43. The van der Waals surface area contributed by atoms with Gasteiger partial charge in [0.1, 0.15) is 0 Å². The molecule has 0 bridgehead atoms. The molecule has 0 saturated heterocycles. The van der Waals surface area contributed by atoms with Crippen molar-refractivity contribution in [1.82, 2.24) is 9.55 Å². The predicted molar refractivity (Wildman–Crippen MR) is 74.9 cm³/mol. The second-order valence-electron chi connectivity index (χ2n) is 4.29. The maximum absolute atomic E-state index is 6.25. The Morgan fingerprint density at radius 3 is 2.72 bits per heavy atom. The van der Waals surface area contributed by atoms with E-state index in [1.54, 1.807) is 0 Å². The Morgan fingerprint density at radius 1 is 1.06 bits per heavy atom. The molecule has 0 amide bonds. The summed E-state index contributed by atoms with van der Waals surface area (Å²) >= 11 is 6.25. The maximum Gasteiger partial charge on any atom is 0.0669 e. The Bertz CT molecular complexity index is 659. The number of nitrogens with zero attached hydrogens (tertiary/aromatic N) is 2. The van der Waals surface area contributed by atoms with Crippen LogP contribution < -0.4 is 0 Å². The van der Waals surface area contributed by atoms with Crippen LogP contribution in [0.3, 0.4) is 0 Å². The molecule has 3 heteroatoms. The number of rotatable bonds is 3. The van der Waals surface area contributed by atoms with Crippen LogP contribution in [0.2, 0.25) is 5.02 Å². The average molecular weight is 257 g/mol. The van der Waals surface area contributed by atoms with Crippen LogP contribution in [-0.2, 0) is 13.0 Å². The highest BCUT2D eigenvalue weighted by molar-refractivity contribution is 6.35. The fraction of sp³-hybridized carbons (Fsp3) is 0.133. The minimum absolute atomic E-state index is 0.812. The largest absolute Gasteiger partial charge is 0.346 e. The fourth-order valence-electron chi connectivity index (χ4n) is 2.20. The summed E-state index contributed by atoms with van der Waals surface area (Å²) in [6.45, 7) is 0.928. The van der Waals surface area contributed by atoms with E-state index < -0.39 is 0 Å². The molecule has 0 aliphatic heterocycles. The molecule has 0 aliphatic carbocycles. The zero-order valence-electron chi connectivity index (χ0n) is 9.88. The molecule has 0 aliphatic rings. The smallest absolute Gasteiger partial charge is 0.0669 e. The minimum Gasteiger partial charge on any atom is -0.346 e. The van der Waals surface area contributed by atoms with Crippen molar-refractivity contribution in [2.75, 3.05) is 0 Å². The predicted octanol–water partition coefficient (Wildman–Crippen LogP) is 3.93. The van der Waals surface area contributed by atoms with Crippen LogP contribution in [0.25, 0.3) is 10.9 Å². The lowest BCUT2D eigenvalue weighted by Gasteiger charge is -2.06. The van der Waals surface area contributed by atoms with Crippen LogP contribution in [0.15, 0.2) is 55.0 Å². The van der Waals surface area contributed by atoms with Gasteiger partial charge in [-0.1, -0.05) is 23.7 Å². The van der Waals surface area contributed by atoms with E-state index in [-0.39, 0.29) is 0 Å². The minimum atomic E-state index is 0.812. The quantitative estimate of drug-likeness (QED) is 0.694. The molecule has 3 rings (SSSR count). The van der Waals surface area contributed by atoms with Crippen molar-refractivity contribution in [2.45, 2.75) is 13.0 Å². The van der Waals surface area contributed by atoms with Crippen molar-refractivity contribution in [3.05, 3.63) is 65.6 Å². The summed E-state index contributed by atoms with van der Waals surface area (Å²) in [5.74, 6) is 0. The average Bonchev–Trinajstić information content (AvgIpc) is 2.82. The van der Waals surface area contributed by atoms with E-state index in [1.165, 1.54) is 10.9 Å². The van der Waals surface area contributed by atoms with Gasteiger partial charge in [-0.15, -0.1) is 0 Å². The molecule has 0 radical (unpaired) electrons. The molecule has 0 fully saturated rings. The lowest BCUT2D eigenvalue weighted by molar-refractivity contribution is 0.722. The van der Waals surface area contributed by atoms with Crippen molar-refractivity contribution in [1.29, 1.82) is 0 Å². The number of aromatic nitrogens is 2. The molecule has 2 aromatic heterocycles. The zero-order valence-corrected chi connectivity index (χ0v) is 10.6. The number of fused-ring (bicyclic) bond motifs is 1. The number of aryl methyl sites for hydroxylation is 2. The van der Waals surface area contributed by atoms with Gasteiger partial charge < -0.3 is 4.57 Å². The van der Waals surface area contributed by atoms with Gasteiger partial charge in [0.25, 0.3) is 0 Å². The molecule has 0 N–H and O–H groups in total. The van der Waals surface area contributed by atoms with E-state index in [9.17, 15) is 0 Å². The SMILES string of the molecule is Clc1cccc2ccn(CCc3ccncc3)c12. The fourth-order valence-corrected chi connectivity index (χ4v) is 2.49. The molecule has 18 heavy (non-hydrogen) atoms. The van der Waals surface area contributed by atoms with Crippen LogP contribution in [0.4, 0.5) is 0 Å². The van der Waals surface area contributed by atoms with Crippen molar-refractivity contribution >= 4 is 22.5 Å². The van der Waals surface area contributed by atoms with Crippen molar-refractivity contribution in [2.24, 2.45) is 0 Å². The lowest BCUT2D eigenvalue weighted by Crippen LogP contribution is -2.00. The van der Waals surface area contributed by atoms with Crippen molar-refractivity contribution in [3.8, 4) is 0 Å². The van der Waals surface area contributed by atoms with Crippen molar-refractivity contribution in [3.63, 3.8) is 0 Å². The summed E-state index contributed by atoms with van der Waals surface area (Å²) in [5.41, 5.74) is 2.41. The van der Waals surface area contributed by atoms with Gasteiger partial charge in [-0.05, 0) is 36.2 Å². The van der Waals surface area contributed by atoms with E-state index in [4.69, 9.17) is 11.6 Å². The van der Waals surface area contributed by atoms with Crippen LogP contribution in [0.1, 0.15) is 5.56 Å². The second kappa shape index (κ2) is 4.83. The number of hydrogen-bond donors (Lipinski definition) is 0. The standard InChI is InChI=1S/C15H13ClN2/c16-14-3-1-2-13-7-11-18(15(13)14)10-6-12-4-8-17-9-5-12/h1-5,7-9,11H,6,10H2. The summed E-state index contributed by atoms with van der Waals surface area (Å²) in [7, 11) is 0. The Hall–Kier alpha value is -1.80. The highest BCUT2D eigenvalue weighted by Gasteiger charge is 2.04. The number of benzene rings is 1. The maximum atomic E-state index is 6.25. The molecule has 90 valence electrons. The van der Waals surface area contributed by atoms with E-state index in [1.807, 2.05) is 36.7 Å². The van der Waals surface area contributed by atoms with Crippen LogP contribution in [-0.4, -0.2) is 9.55 Å². The van der Waals surface area contributed by atoms with Gasteiger partial charge >= 0.3 is 0 Å². The molecule has 2 nitrogen and oxygen atoms in total. The summed E-state index contributed by atoms with van der Waals surface area (Å²) in [5, 5.41) is 2.00. The summed E-state index contributed by atoms with van der Waals surface area (Å²) in [4.78, 5) is 4.03. The highest BCUT2D eigenvalue weighted by atomic mass is 35.5. The third kappa shape index (κ3) is 2.12. The summed E-state index contributed by atoms with van der Waals surface area (Å²) in [6, 6.07) is 12.2. The summed E-state index contributed by atoms with van der Waals surface area (Å²) < 4.78 is 2.21. The zero-order chi connectivity index (χ0) is 12.4. The van der Waals surface area contributed by atoms with Gasteiger partial charge in [0, 0.05) is 30.5 Å². The molecule has 1 aromatic carbocycles. The van der Waals surface area contributed by atoms with Crippen LogP contribution in [0, 0.1) is 0 Å². The van der Waals surface area contributed by atoms with Crippen LogP contribution >= 0.6 is 11.6 Å². The highest BCUT2D eigenvalue weighted by Crippen LogP contribution is 2.24. The summed E-state index contributed by atoms with van der Waals surface area (Å²) in [6.07, 6.45) is 6.74. The van der Waals surface area contributed by atoms with E-state index in [2.05, 4.69) is 27.9 Å². The number of para-hydroxylation sites is 1. The Kier molecular flexibility index (Phi) is 3.03. The van der Waals surface area contributed by atoms with Gasteiger partial charge in [-0.3, -0.25) is 4.98 Å². The van der Waals surface area contributed by atoms with Gasteiger partial charge in [0.15, 0.2) is 0 Å². The van der Waals surface area contributed by atoms with Crippen molar-refractivity contribution < 1.29 is 0 Å². The first-order valence-electron chi connectivity index (χ1n) is 5.97. The topological polar surface area (TPSA) is 17.8 Å². The molecule has 3 aromatic rings.